The summed E-state index contributed by atoms with van der Waals surface area (Å²) >= 11 is 0. The van der Waals surface area contributed by atoms with Crippen LogP contribution in [0.3, 0.4) is 0 Å². The van der Waals surface area contributed by atoms with Gasteiger partial charge >= 0.3 is 5.69 Å². The fourth-order valence-electron chi connectivity index (χ4n) is 4.34. The van der Waals surface area contributed by atoms with E-state index in [0.29, 0.717) is 0 Å². The maximum absolute atomic E-state index is 12.6. The van der Waals surface area contributed by atoms with Crippen LogP contribution >= 0.6 is 7.82 Å². The number of H-pyrrole nitrogens is 1. The van der Waals surface area contributed by atoms with Gasteiger partial charge in [0.25, 0.3) is 13.4 Å². The van der Waals surface area contributed by atoms with Gasteiger partial charge in [-0.1, -0.05) is 0 Å². The van der Waals surface area contributed by atoms with E-state index in [1.807, 2.05) is 0 Å². The van der Waals surface area contributed by atoms with Gasteiger partial charge < -0.3 is 45.1 Å². The minimum absolute atomic E-state index is 0.00190. The second kappa shape index (κ2) is 10.2. The summed E-state index contributed by atoms with van der Waals surface area (Å²) in [5.41, 5.74) is 9.95. The van der Waals surface area contributed by atoms with Gasteiger partial charge in [0, 0.05) is 19.0 Å². The summed E-state index contributed by atoms with van der Waals surface area (Å²) in [5.74, 6) is -0.133. The predicted molar refractivity (Wildman–Crippen MR) is 124 cm³/mol. The molecule has 0 spiro atoms. The van der Waals surface area contributed by atoms with E-state index < -0.39 is 69.2 Å². The largest absolute Gasteiger partial charge is 0.756 e. The van der Waals surface area contributed by atoms with Crippen LogP contribution in [0.1, 0.15) is 25.3 Å². The Morgan fingerprint density at radius 1 is 1.18 bits per heavy atom. The van der Waals surface area contributed by atoms with Crippen LogP contribution in [0.2, 0.25) is 0 Å². The molecule has 2 aliphatic rings. The Bertz CT molecular complexity index is 1490. The van der Waals surface area contributed by atoms with Crippen LogP contribution in [-0.2, 0) is 23.1 Å². The summed E-state index contributed by atoms with van der Waals surface area (Å²) in [5, 5.41) is 20.0. The molecule has 2 aliphatic heterocycles. The van der Waals surface area contributed by atoms with Gasteiger partial charge in [0.1, 0.15) is 30.5 Å². The van der Waals surface area contributed by atoms with Gasteiger partial charge in [-0.2, -0.15) is 9.97 Å². The van der Waals surface area contributed by atoms with Gasteiger partial charge in [0.05, 0.1) is 31.7 Å². The SMILES string of the molecule is Nc1ccn(C2CC(OP(=O)([O-])OCC3OC(n4cnc5c(=O)[nH]c(N)nc54)CC3O)C(CO)O2)c(=O)n1. The highest BCUT2D eigenvalue weighted by atomic mass is 31.2. The van der Waals surface area contributed by atoms with E-state index in [0.717, 1.165) is 4.57 Å². The average Bonchev–Trinajstić information content (AvgIpc) is 3.54. The molecular weight excluding hydrogens is 531 g/mol. The van der Waals surface area contributed by atoms with Gasteiger partial charge in [-0.05, 0) is 6.07 Å². The molecule has 2 saturated heterocycles. The summed E-state index contributed by atoms with van der Waals surface area (Å²) in [7, 11) is -4.99. The molecular formula is C19H24N8O10P-. The molecule has 5 rings (SSSR count). The molecule has 7 atom stereocenters. The van der Waals surface area contributed by atoms with Crippen molar-refractivity contribution >= 4 is 30.8 Å². The third-order valence-electron chi connectivity index (χ3n) is 6.15. The Labute approximate surface area is 212 Å². The number of phosphoric ester groups is 1. The lowest BCUT2D eigenvalue weighted by atomic mass is 10.2. The van der Waals surface area contributed by atoms with Crippen molar-refractivity contribution in [3.05, 3.63) is 39.4 Å². The van der Waals surface area contributed by atoms with E-state index in [-0.39, 0.29) is 35.8 Å². The topological polar surface area (TPSA) is 268 Å². The van der Waals surface area contributed by atoms with Crippen molar-refractivity contribution < 1.29 is 38.2 Å². The van der Waals surface area contributed by atoms with Gasteiger partial charge in [-0.3, -0.25) is 23.5 Å². The zero-order valence-corrected chi connectivity index (χ0v) is 20.4. The highest BCUT2D eigenvalue weighted by molar-refractivity contribution is 7.45. The molecule has 0 amide bonds. The second-order valence-corrected chi connectivity index (χ2v) is 10.0. The number of phosphoric acid groups is 1. The van der Waals surface area contributed by atoms with Gasteiger partial charge in [-0.25, -0.2) is 9.78 Å². The summed E-state index contributed by atoms with van der Waals surface area (Å²) < 4.78 is 36.4. The van der Waals surface area contributed by atoms with E-state index in [1.165, 1.54) is 23.2 Å². The Balaban J connectivity index is 1.22. The Morgan fingerprint density at radius 3 is 2.66 bits per heavy atom. The lowest BCUT2D eigenvalue weighted by Gasteiger charge is -2.29. The zero-order valence-electron chi connectivity index (χ0n) is 19.5. The number of anilines is 2. The van der Waals surface area contributed by atoms with Crippen molar-refractivity contribution in [3.8, 4) is 0 Å². The first kappa shape index (κ1) is 26.4. The Kier molecular flexibility index (Phi) is 7.05. The lowest BCUT2D eigenvalue weighted by molar-refractivity contribution is -0.234. The third-order valence-corrected chi connectivity index (χ3v) is 7.14. The average molecular weight is 555 g/mol. The Hall–Kier alpha value is -3.22. The summed E-state index contributed by atoms with van der Waals surface area (Å²) in [6.45, 7) is -1.19. The molecule has 0 aliphatic carbocycles. The molecule has 3 aromatic heterocycles. The first-order valence-corrected chi connectivity index (χ1v) is 12.8. The standard InChI is InChI=1S/C19H25N8O10P/c20-12-1-2-26(19(31)23-12)14-4-9(10(5-28)35-14)37-38(32,33)34-6-11-8(29)3-13(36-11)27-7-22-15-16(27)24-18(21)25-17(15)30/h1-2,7-11,13-14,28-29H,3-6H2,(H,32,33)(H2,20,23,31)(H3,21,24,25,30)/p-1. The van der Waals surface area contributed by atoms with Crippen LogP contribution in [0.5, 0.6) is 0 Å². The van der Waals surface area contributed by atoms with E-state index in [9.17, 15) is 29.3 Å². The number of fused-ring (bicyclic) bond motifs is 1. The van der Waals surface area contributed by atoms with Crippen LogP contribution in [0.25, 0.3) is 11.2 Å². The van der Waals surface area contributed by atoms with E-state index in [4.69, 9.17) is 30.0 Å². The minimum atomic E-state index is -4.99. The molecule has 18 nitrogen and oxygen atoms in total. The van der Waals surface area contributed by atoms with Crippen molar-refractivity contribution in [3.63, 3.8) is 0 Å². The van der Waals surface area contributed by atoms with Crippen molar-refractivity contribution in [1.82, 2.24) is 29.1 Å². The van der Waals surface area contributed by atoms with E-state index in [1.54, 1.807) is 0 Å². The molecule has 7 N–H and O–H groups in total. The van der Waals surface area contributed by atoms with Gasteiger partial charge in [0.15, 0.2) is 11.2 Å². The molecule has 5 heterocycles. The van der Waals surface area contributed by atoms with Crippen molar-refractivity contribution in [2.75, 3.05) is 24.7 Å². The molecule has 0 radical (unpaired) electrons. The fraction of sp³-hybridized carbons (Fsp3) is 0.526. The van der Waals surface area contributed by atoms with Crippen molar-refractivity contribution in [1.29, 1.82) is 0 Å². The quantitative estimate of drug-likeness (QED) is 0.177. The van der Waals surface area contributed by atoms with Crippen molar-refractivity contribution in [2.45, 2.75) is 49.7 Å². The third kappa shape index (κ3) is 5.20. The van der Waals surface area contributed by atoms with Crippen LogP contribution in [-0.4, -0.2) is 76.9 Å². The lowest BCUT2D eigenvalue weighted by Crippen LogP contribution is -2.31. The summed E-state index contributed by atoms with van der Waals surface area (Å²) in [6.07, 6.45) is -3.73. The molecule has 3 aromatic rings. The number of aliphatic hydroxyl groups excluding tert-OH is 2. The number of hydrogen-bond donors (Lipinski definition) is 5. The minimum Gasteiger partial charge on any atom is -0.756 e. The number of nitrogens with one attached hydrogen (secondary N) is 1. The molecule has 0 bridgehead atoms. The second-order valence-electron chi connectivity index (χ2n) is 8.68. The highest BCUT2D eigenvalue weighted by Gasteiger charge is 2.41. The maximum Gasteiger partial charge on any atom is 0.351 e. The number of ether oxygens (including phenoxy) is 2. The summed E-state index contributed by atoms with van der Waals surface area (Å²) in [6, 6.07) is 1.37. The molecule has 0 saturated carbocycles. The van der Waals surface area contributed by atoms with Crippen molar-refractivity contribution in [2.24, 2.45) is 0 Å². The summed E-state index contributed by atoms with van der Waals surface area (Å²) in [4.78, 5) is 50.6. The molecule has 206 valence electrons. The Morgan fingerprint density at radius 2 is 1.92 bits per heavy atom. The van der Waals surface area contributed by atoms with Crippen LogP contribution in [0, 0.1) is 0 Å². The van der Waals surface area contributed by atoms with Gasteiger partial charge in [0.2, 0.25) is 5.95 Å². The number of hydrogen-bond acceptors (Lipinski definition) is 15. The number of rotatable bonds is 8. The molecule has 38 heavy (non-hydrogen) atoms. The normalized spacial score (nSPS) is 29.1. The number of aromatic nitrogens is 6. The number of imidazole rings is 1. The number of aromatic amines is 1. The predicted octanol–water partition coefficient (Wildman–Crippen LogP) is -2.66. The number of nitrogens with two attached hydrogens (primary N) is 2. The first-order chi connectivity index (χ1) is 18.0. The molecule has 19 heteroatoms. The maximum atomic E-state index is 12.6. The van der Waals surface area contributed by atoms with Gasteiger partial charge in [-0.15, -0.1) is 0 Å². The van der Waals surface area contributed by atoms with E-state index in [2.05, 4.69) is 19.9 Å². The fourth-order valence-corrected chi connectivity index (χ4v) is 5.29. The number of aliphatic hydroxyl groups is 2. The molecule has 7 unspecified atom stereocenters. The molecule has 2 fully saturated rings. The first-order valence-electron chi connectivity index (χ1n) is 11.4. The monoisotopic (exact) mass is 555 g/mol. The number of nitrogens with zero attached hydrogens (tertiary/aromatic N) is 5. The van der Waals surface area contributed by atoms with Crippen LogP contribution in [0.4, 0.5) is 11.8 Å². The smallest absolute Gasteiger partial charge is 0.351 e. The van der Waals surface area contributed by atoms with Crippen LogP contribution in [0.15, 0.2) is 28.2 Å². The highest BCUT2D eigenvalue weighted by Crippen LogP contribution is 2.45. The van der Waals surface area contributed by atoms with E-state index >= 15 is 0 Å². The zero-order chi connectivity index (χ0) is 27.2. The molecule has 0 aromatic carbocycles. The number of nitrogen functional groups attached to an aromatic ring is 2. The van der Waals surface area contributed by atoms with Crippen LogP contribution < -0.4 is 27.6 Å².